The molecule has 1 aromatic rings. The van der Waals surface area contributed by atoms with Gasteiger partial charge in [0.2, 0.25) is 0 Å². The lowest BCUT2D eigenvalue weighted by atomic mass is 9.69. The van der Waals surface area contributed by atoms with Crippen molar-refractivity contribution in [1.82, 2.24) is 0 Å². The summed E-state index contributed by atoms with van der Waals surface area (Å²) >= 11 is 0. The van der Waals surface area contributed by atoms with Gasteiger partial charge in [-0.2, -0.15) is 0 Å². The van der Waals surface area contributed by atoms with Gasteiger partial charge >= 0.3 is 0 Å². The molecule has 1 radical (unpaired) electrons. The molecule has 0 heterocycles. The van der Waals surface area contributed by atoms with E-state index in [0.29, 0.717) is 0 Å². The van der Waals surface area contributed by atoms with Gasteiger partial charge in [-0.3, -0.25) is 4.79 Å². The summed E-state index contributed by atoms with van der Waals surface area (Å²) in [5.41, 5.74) is 3.11. The molecule has 15 heavy (non-hydrogen) atoms. The van der Waals surface area contributed by atoms with Crippen LogP contribution in [-0.4, -0.2) is 13.1 Å². The Morgan fingerprint density at radius 3 is 2.60 bits per heavy atom. The molecule has 0 unspecified atom stereocenters. The first kappa shape index (κ1) is 10.2. The number of rotatable bonds is 1. The smallest absolute Gasteiger partial charge is 0.165 e. The summed E-state index contributed by atoms with van der Waals surface area (Å²) < 4.78 is 0. The quantitative estimate of drug-likeness (QED) is 0.628. The predicted molar refractivity (Wildman–Crippen MR) is 64.8 cm³/mol. The van der Waals surface area contributed by atoms with Crippen LogP contribution in [0.3, 0.4) is 0 Å². The lowest BCUT2D eigenvalue weighted by Gasteiger charge is -2.27. The molecule has 0 spiro atoms. The van der Waals surface area contributed by atoms with Gasteiger partial charge in [0.25, 0.3) is 0 Å². The SMILES string of the molecule is C[B]c1ccc2c(c1)C=CC(=O)C2(C)C. The van der Waals surface area contributed by atoms with Crippen molar-refractivity contribution < 1.29 is 4.79 Å². The first-order valence-corrected chi connectivity index (χ1v) is 5.22. The molecule has 0 saturated carbocycles. The van der Waals surface area contributed by atoms with Crippen molar-refractivity contribution in [3.8, 4) is 0 Å². The number of fused-ring (bicyclic) bond motifs is 1. The van der Waals surface area contributed by atoms with Gasteiger partial charge in [0.05, 0.1) is 5.41 Å². The van der Waals surface area contributed by atoms with E-state index in [4.69, 9.17) is 0 Å². The summed E-state index contributed by atoms with van der Waals surface area (Å²) in [4.78, 5) is 11.7. The number of allylic oxidation sites excluding steroid dienone is 1. The van der Waals surface area contributed by atoms with Gasteiger partial charge in [-0.15, -0.1) is 0 Å². The van der Waals surface area contributed by atoms with Crippen molar-refractivity contribution in [1.29, 1.82) is 0 Å². The molecule has 0 N–H and O–H groups in total. The van der Waals surface area contributed by atoms with Gasteiger partial charge in [0, 0.05) is 0 Å². The van der Waals surface area contributed by atoms with E-state index < -0.39 is 0 Å². The minimum Gasteiger partial charge on any atom is -0.294 e. The molecule has 0 aliphatic heterocycles. The van der Waals surface area contributed by atoms with E-state index in [1.165, 1.54) is 5.46 Å². The average Bonchev–Trinajstić information content (AvgIpc) is 2.23. The third-order valence-electron chi connectivity index (χ3n) is 3.11. The summed E-state index contributed by atoms with van der Waals surface area (Å²) in [5.74, 6) is 0.184. The van der Waals surface area contributed by atoms with Gasteiger partial charge < -0.3 is 0 Å². The summed E-state index contributed by atoms with van der Waals surface area (Å²) in [5, 5.41) is 0. The zero-order valence-electron chi connectivity index (χ0n) is 9.37. The molecule has 0 aromatic heterocycles. The Kier molecular flexibility index (Phi) is 2.30. The zero-order chi connectivity index (χ0) is 11.1. The molecular weight excluding hydrogens is 183 g/mol. The normalized spacial score (nSPS) is 17.4. The van der Waals surface area contributed by atoms with Gasteiger partial charge in [0.1, 0.15) is 7.28 Å². The number of carbonyl (C=O) groups is 1. The highest BCUT2D eigenvalue weighted by molar-refractivity contribution is 6.52. The maximum absolute atomic E-state index is 11.7. The second-order valence-electron chi connectivity index (χ2n) is 4.46. The maximum Gasteiger partial charge on any atom is 0.165 e. The molecule has 1 nitrogen and oxygen atoms in total. The Hall–Kier alpha value is -1.31. The largest absolute Gasteiger partial charge is 0.294 e. The Morgan fingerprint density at radius 1 is 1.20 bits per heavy atom. The van der Waals surface area contributed by atoms with E-state index in [9.17, 15) is 4.79 Å². The topological polar surface area (TPSA) is 17.1 Å². The Morgan fingerprint density at radius 2 is 1.93 bits per heavy atom. The molecule has 2 rings (SSSR count). The van der Waals surface area contributed by atoms with Crippen molar-refractivity contribution >= 4 is 24.6 Å². The summed E-state index contributed by atoms with van der Waals surface area (Å²) in [7, 11) is 2.07. The van der Waals surface area contributed by atoms with Gasteiger partial charge in [-0.25, -0.2) is 0 Å². The highest BCUT2D eigenvalue weighted by Gasteiger charge is 2.31. The number of carbonyl (C=O) groups excluding carboxylic acids is 1. The number of ketones is 1. The van der Waals surface area contributed by atoms with Crippen LogP contribution in [0, 0.1) is 0 Å². The first-order chi connectivity index (χ1) is 7.05. The predicted octanol–water partition coefficient (Wildman–Crippen LogP) is 1.94. The minimum atomic E-state index is -0.379. The van der Waals surface area contributed by atoms with E-state index in [1.807, 2.05) is 26.7 Å². The minimum absolute atomic E-state index is 0.184. The fourth-order valence-electron chi connectivity index (χ4n) is 1.97. The molecule has 0 fully saturated rings. The standard InChI is InChI=1S/C13H14BO/c1-13(2)11-6-5-10(14-3)8-9(11)4-7-12(13)15/h4-8H,1-3H3. The van der Waals surface area contributed by atoms with Crippen LogP contribution < -0.4 is 5.46 Å². The lowest BCUT2D eigenvalue weighted by Crippen LogP contribution is -2.31. The van der Waals surface area contributed by atoms with Crippen LogP contribution >= 0.6 is 0 Å². The molecule has 0 bridgehead atoms. The van der Waals surface area contributed by atoms with Gasteiger partial charge in [-0.05, 0) is 31.1 Å². The molecular formula is C13H14BO. The van der Waals surface area contributed by atoms with Crippen LogP contribution in [-0.2, 0) is 10.2 Å². The molecule has 1 aliphatic carbocycles. The molecule has 1 aromatic carbocycles. The van der Waals surface area contributed by atoms with E-state index in [1.54, 1.807) is 6.08 Å². The molecule has 2 heteroatoms. The second kappa shape index (κ2) is 3.37. The van der Waals surface area contributed by atoms with Crippen molar-refractivity contribution in [3.63, 3.8) is 0 Å². The number of hydrogen-bond donors (Lipinski definition) is 0. The summed E-state index contributed by atoms with van der Waals surface area (Å²) in [6, 6.07) is 6.25. The fraction of sp³-hybridized carbons (Fsp3) is 0.308. The first-order valence-electron chi connectivity index (χ1n) is 5.22. The molecule has 0 amide bonds. The third kappa shape index (κ3) is 1.54. The van der Waals surface area contributed by atoms with Crippen LogP contribution in [0.4, 0.5) is 0 Å². The van der Waals surface area contributed by atoms with E-state index in [-0.39, 0.29) is 11.2 Å². The van der Waals surface area contributed by atoms with Crippen molar-refractivity contribution in [2.24, 2.45) is 0 Å². The second-order valence-corrected chi connectivity index (χ2v) is 4.46. The van der Waals surface area contributed by atoms with Crippen molar-refractivity contribution in [3.05, 3.63) is 35.4 Å². The lowest BCUT2D eigenvalue weighted by molar-refractivity contribution is -0.118. The number of benzene rings is 1. The summed E-state index contributed by atoms with van der Waals surface area (Å²) in [6.07, 6.45) is 3.59. The Labute approximate surface area is 91.4 Å². The number of hydrogen-bond acceptors (Lipinski definition) is 1. The van der Waals surface area contributed by atoms with Crippen molar-refractivity contribution in [2.45, 2.75) is 26.1 Å². The summed E-state index contributed by atoms with van der Waals surface area (Å²) in [6.45, 7) is 5.98. The van der Waals surface area contributed by atoms with E-state index in [0.717, 1.165) is 11.1 Å². The van der Waals surface area contributed by atoms with Crippen LogP contribution in [0.25, 0.3) is 6.08 Å². The highest BCUT2D eigenvalue weighted by atomic mass is 16.1. The molecule has 75 valence electrons. The van der Waals surface area contributed by atoms with Crippen molar-refractivity contribution in [2.75, 3.05) is 0 Å². The Balaban J connectivity index is 2.60. The third-order valence-corrected chi connectivity index (χ3v) is 3.11. The van der Waals surface area contributed by atoms with Crippen LogP contribution in [0.2, 0.25) is 6.82 Å². The fourth-order valence-corrected chi connectivity index (χ4v) is 1.97. The van der Waals surface area contributed by atoms with Crippen LogP contribution in [0.1, 0.15) is 25.0 Å². The average molecular weight is 197 g/mol. The maximum atomic E-state index is 11.7. The molecule has 0 atom stereocenters. The zero-order valence-corrected chi connectivity index (χ0v) is 9.37. The Bertz CT molecular complexity index is 444. The van der Waals surface area contributed by atoms with E-state index >= 15 is 0 Å². The van der Waals surface area contributed by atoms with E-state index in [2.05, 4.69) is 25.5 Å². The molecule has 1 aliphatic rings. The highest BCUT2D eigenvalue weighted by Crippen LogP contribution is 2.31. The van der Waals surface area contributed by atoms with Crippen LogP contribution in [0.5, 0.6) is 0 Å². The van der Waals surface area contributed by atoms with Gasteiger partial charge in [-0.1, -0.05) is 36.6 Å². The monoisotopic (exact) mass is 197 g/mol. The van der Waals surface area contributed by atoms with Crippen LogP contribution in [0.15, 0.2) is 24.3 Å². The molecule has 0 saturated heterocycles. The van der Waals surface area contributed by atoms with Gasteiger partial charge in [0.15, 0.2) is 5.78 Å².